The Morgan fingerprint density at radius 2 is 1.57 bits per heavy atom. The molecule has 0 aliphatic rings. The maximum atomic E-state index is 3.13. The van der Waals surface area contributed by atoms with Gasteiger partial charge in [0.2, 0.25) is 0 Å². The molecule has 0 aliphatic carbocycles. The number of rotatable bonds is 1. The molecule has 2 aromatic carbocycles. The first kappa shape index (κ1) is 10.9. The van der Waals surface area contributed by atoms with Gasteiger partial charge in [-0.05, 0) is 29.8 Å². The van der Waals surface area contributed by atoms with Crippen molar-refractivity contribution in [3.63, 3.8) is 0 Å². The van der Waals surface area contributed by atoms with E-state index >= 15 is 0 Å². The lowest BCUT2D eigenvalue weighted by molar-refractivity contribution is 1.49. The van der Waals surface area contributed by atoms with E-state index in [-0.39, 0.29) is 12.4 Å². The van der Waals surface area contributed by atoms with Gasteiger partial charge in [-0.15, -0.1) is 12.4 Å². The molecule has 0 atom stereocenters. The minimum Gasteiger partial charge on any atom is -0.388 e. The molecule has 0 saturated carbocycles. The molecule has 0 bridgehead atoms. The molecule has 0 unspecified atom stereocenters. The number of benzene rings is 2. The first-order valence-electron chi connectivity index (χ1n) is 4.48. The van der Waals surface area contributed by atoms with Crippen LogP contribution in [-0.4, -0.2) is 7.05 Å². The number of anilines is 1. The fraction of sp³-hybridized carbons (Fsp3) is 0.167. The van der Waals surface area contributed by atoms with Crippen molar-refractivity contribution in [2.24, 2.45) is 0 Å². The molecule has 0 heterocycles. The van der Waals surface area contributed by atoms with Crippen LogP contribution in [-0.2, 0) is 0 Å². The molecule has 2 aromatic rings. The molecule has 0 aromatic heterocycles. The molecule has 0 radical (unpaired) electrons. The fourth-order valence-electron chi connectivity index (χ4n) is 1.52. The van der Waals surface area contributed by atoms with E-state index in [0.29, 0.717) is 0 Å². The maximum Gasteiger partial charge on any atom is 0.0343 e. The Bertz CT molecular complexity index is 437. The van der Waals surface area contributed by atoms with Crippen molar-refractivity contribution in [2.75, 3.05) is 12.4 Å². The van der Waals surface area contributed by atoms with Crippen molar-refractivity contribution in [2.45, 2.75) is 6.92 Å². The second-order valence-electron chi connectivity index (χ2n) is 3.32. The number of nitrogens with one attached hydrogen (secondary N) is 1. The molecule has 1 N–H and O–H groups in total. The molecule has 0 fully saturated rings. The lowest BCUT2D eigenvalue weighted by atomic mass is 10.1. The van der Waals surface area contributed by atoms with Gasteiger partial charge in [-0.25, -0.2) is 0 Å². The quantitative estimate of drug-likeness (QED) is 0.754. The normalized spacial score (nSPS) is 9.57. The molecule has 74 valence electrons. The molecule has 2 rings (SSSR count). The van der Waals surface area contributed by atoms with Gasteiger partial charge in [-0.2, -0.15) is 0 Å². The van der Waals surface area contributed by atoms with E-state index in [2.05, 4.69) is 48.6 Å². The Morgan fingerprint density at radius 1 is 0.929 bits per heavy atom. The molecule has 0 spiro atoms. The van der Waals surface area contributed by atoms with Crippen molar-refractivity contribution >= 4 is 28.9 Å². The minimum atomic E-state index is 0. The van der Waals surface area contributed by atoms with E-state index in [1.54, 1.807) is 0 Å². The summed E-state index contributed by atoms with van der Waals surface area (Å²) in [5.74, 6) is 0. The van der Waals surface area contributed by atoms with Gasteiger partial charge in [-0.3, -0.25) is 0 Å². The Labute approximate surface area is 90.5 Å². The van der Waals surface area contributed by atoms with Gasteiger partial charge in [-0.1, -0.05) is 29.8 Å². The topological polar surface area (TPSA) is 12.0 Å². The lowest BCUT2D eigenvalue weighted by Gasteiger charge is -2.03. The van der Waals surface area contributed by atoms with E-state index in [4.69, 9.17) is 0 Å². The van der Waals surface area contributed by atoms with Crippen LogP contribution in [0.3, 0.4) is 0 Å². The maximum absolute atomic E-state index is 3.13. The van der Waals surface area contributed by atoms with Crippen LogP contribution in [0.1, 0.15) is 5.56 Å². The van der Waals surface area contributed by atoms with E-state index in [9.17, 15) is 0 Å². The summed E-state index contributed by atoms with van der Waals surface area (Å²) in [6.07, 6.45) is 0. The predicted molar refractivity (Wildman–Crippen MR) is 65.5 cm³/mol. The van der Waals surface area contributed by atoms with E-state index in [1.165, 1.54) is 16.3 Å². The first-order chi connectivity index (χ1) is 6.29. The van der Waals surface area contributed by atoms with Gasteiger partial charge in [0.25, 0.3) is 0 Å². The predicted octanol–water partition coefficient (Wildman–Crippen LogP) is 3.61. The average molecular weight is 208 g/mol. The summed E-state index contributed by atoms with van der Waals surface area (Å²) in [5, 5.41) is 5.73. The Morgan fingerprint density at radius 3 is 2.29 bits per heavy atom. The highest BCUT2D eigenvalue weighted by atomic mass is 35.5. The lowest BCUT2D eigenvalue weighted by Crippen LogP contribution is -1.86. The van der Waals surface area contributed by atoms with E-state index < -0.39 is 0 Å². The van der Waals surface area contributed by atoms with Crippen LogP contribution in [0.2, 0.25) is 0 Å². The minimum absolute atomic E-state index is 0. The summed E-state index contributed by atoms with van der Waals surface area (Å²) in [7, 11) is 1.94. The number of halogens is 1. The summed E-state index contributed by atoms with van der Waals surface area (Å²) in [6, 6.07) is 12.9. The van der Waals surface area contributed by atoms with Gasteiger partial charge in [0.1, 0.15) is 0 Å². The van der Waals surface area contributed by atoms with Crippen LogP contribution in [0.5, 0.6) is 0 Å². The van der Waals surface area contributed by atoms with Crippen molar-refractivity contribution < 1.29 is 0 Å². The Balaban J connectivity index is 0.000000980. The fourth-order valence-corrected chi connectivity index (χ4v) is 1.52. The highest BCUT2D eigenvalue weighted by Gasteiger charge is 1.94. The molecular weight excluding hydrogens is 194 g/mol. The highest BCUT2D eigenvalue weighted by Crippen LogP contribution is 2.19. The second-order valence-corrected chi connectivity index (χ2v) is 3.32. The Kier molecular flexibility index (Phi) is 3.37. The van der Waals surface area contributed by atoms with Gasteiger partial charge in [0, 0.05) is 12.7 Å². The second kappa shape index (κ2) is 4.34. The smallest absolute Gasteiger partial charge is 0.0343 e. The summed E-state index contributed by atoms with van der Waals surface area (Å²) in [6.45, 7) is 2.12. The van der Waals surface area contributed by atoms with Crippen LogP contribution in [0.25, 0.3) is 10.8 Å². The van der Waals surface area contributed by atoms with Crippen molar-refractivity contribution in [1.82, 2.24) is 0 Å². The standard InChI is InChI=1S/C12H13N.ClH/c1-9-3-4-11-8-12(13-2)6-5-10(11)7-9;/h3-8,13H,1-2H3;1H. The van der Waals surface area contributed by atoms with Crippen molar-refractivity contribution in [1.29, 1.82) is 0 Å². The van der Waals surface area contributed by atoms with Crippen molar-refractivity contribution in [3.05, 3.63) is 42.0 Å². The summed E-state index contributed by atoms with van der Waals surface area (Å²) >= 11 is 0. The highest BCUT2D eigenvalue weighted by molar-refractivity contribution is 5.86. The van der Waals surface area contributed by atoms with Crippen LogP contribution in [0.15, 0.2) is 36.4 Å². The number of hydrogen-bond donors (Lipinski definition) is 1. The third-order valence-electron chi connectivity index (χ3n) is 2.28. The zero-order valence-corrected chi connectivity index (χ0v) is 9.19. The molecular formula is C12H14ClN. The van der Waals surface area contributed by atoms with Crippen molar-refractivity contribution in [3.8, 4) is 0 Å². The van der Waals surface area contributed by atoms with Gasteiger partial charge in [0.05, 0.1) is 0 Å². The average Bonchev–Trinajstić information content (AvgIpc) is 2.17. The van der Waals surface area contributed by atoms with Crippen LogP contribution in [0.4, 0.5) is 5.69 Å². The summed E-state index contributed by atoms with van der Waals surface area (Å²) < 4.78 is 0. The molecule has 1 nitrogen and oxygen atoms in total. The Hall–Kier alpha value is -1.21. The van der Waals surface area contributed by atoms with Crippen LogP contribution < -0.4 is 5.32 Å². The van der Waals surface area contributed by atoms with E-state index in [0.717, 1.165) is 5.69 Å². The third kappa shape index (κ3) is 1.99. The molecule has 14 heavy (non-hydrogen) atoms. The largest absolute Gasteiger partial charge is 0.388 e. The zero-order chi connectivity index (χ0) is 9.26. The number of aryl methyl sites for hydroxylation is 1. The zero-order valence-electron chi connectivity index (χ0n) is 8.37. The monoisotopic (exact) mass is 207 g/mol. The summed E-state index contributed by atoms with van der Waals surface area (Å²) in [4.78, 5) is 0. The molecule has 0 aliphatic heterocycles. The first-order valence-corrected chi connectivity index (χ1v) is 4.48. The molecule has 0 saturated heterocycles. The van der Waals surface area contributed by atoms with Crippen LogP contribution in [0, 0.1) is 6.92 Å². The van der Waals surface area contributed by atoms with Gasteiger partial charge < -0.3 is 5.32 Å². The van der Waals surface area contributed by atoms with Gasteiger partial charge in [0.15, 0.2) is 0 Å². The molecule has 2 heteroatoms. The SMILES string of the molecule is CNc1ccc2cc(C)ccc2c1.Cl. The van der Waals surface area contributed by atoms with Crippen LogP contribution >= 0.6 is 12.4 Å². The third-order valence-corrected chi connectivity index (χ3v) is 2.28. The van der Waals surface area contributed by atoms with Gasteiger partial charge >= 0.3 is 0 Å². The van der Waals surface area contributed by atoms with E-state index in [1.807, 2.05) is 7.05 Å². The molecule has 0 amide bonds. The summed E-state index contributed by atoms with van der Waals surface area (Å²) in [5.41, 5.74) is 2.47. The number of hydrogen-bond acceptors (Lipinski definition) is 1. The number of fused-ring (bicyclic) bond motifs is 1.